The molecule has 2 heterocycles. The number of allylic oxidation sites excluding steroid dienone is 1. The number of aryl methyl sites for hydroxylation is 1. The number of aromatic nitrogens is 2. The summed E-state index contributed by atoms with van der Waals surface area (Å²) in [4.78, 5) is 4.78. The van der Waals surface area contributed by atoms with Crippen LogP contribution in [0.5, 0.6) is 11.5 Å². The zero-order chi connectivity index (χ0) is 22.2. The number of hydrogen-bond acceptors (Lipinski definition) is 4. The summed E-state index contributed by atoms with van der Waals surface area (Å²) in [5, 5.41) is 0. The minimum atomic E-state index is 0.626. The maximum absolute atomic E-state index is 5.99. The number of imidazole rings is 1. The smallest absolute Gasteiger partial charge is 0.161 e. The van der Waals surface area contributed by atoms with Gasteiger partial charge in [-0.05, 0) is 73.4 Å². The highest BCUT2D eigenvalue weighted by Gasteiger charge is 2.09. The minimum Gasteiger partial charge on any atom is -0.493 e. The van der Waals surface area contributed by atoms with Crippen molar-refractivity contribution in [2.75, 3.05) is 13.7 Å². The Bertz CT molecular complexity index is 1190. The first-order valence-electron chi connectivity index (χ1n) is 10.9. The molecule has 0 atom stereocenters. The molecule has 0 N–H and O–H groups in total. The van der Waals surface area contributed by atoms with Crippen LogP contribution in [0.3, 0.4) is 0 Å². The van der Waals surface area contributed by atoms with Gasteiger partial charge in [0.05, 0.1) is 31.0 Å². The quantitative estimate of drug-likeness (QED) is 0.205. The van der Waals surface area contributed by atoms with Crippen molar-refractivity contribution in [3.05, 3.63) is 90.7 Å². The van der Waals surface area contributed by atoms with Gasteiger partial charge in [0.25, 0.3) is 0 Å². The van der Waals surface area contributed by atoms with Crippen molar-refractivity contribution in [1.82, 2.24) is 9.55 Å². The highest BCUT2D eigenvalue weighted by atomic mass is 16.5. The second-order valence-corrected chi connectivity index (χ2v) is 7.49. The van der Waals surface area contributed by atoms with Crippen LogP contribution in [0.25, 0.3) is 23.2 Å². The molecule has 0 fully saturated rings. The van der Waals surface area contributed by atoms with Crippen LogP contribution in [0.4, 0.5) is 0 Å². The SMILES string of the molecule is C=CCc1ccc(OCCCCn2c(/C=C/c3ccco3)nc3ccccc32)c(OC)c1. The minimum absolute atomic E-state index is 0.626. The molecule has 164 valence electrons. The van der Waals surface area contributed by atoms with Gasteiger partial charge >= 0.3 is 0 Å². The summed E-state index contributed by atoms with van der Waals surface area (Å²) >= 11 is 0. The predicted octanol–water partition coefficient (Wildman–Crippen LogP) is 6.40. The van der Waals surface area contributed by atoms with E-state index in [0.717, 1.165) is 65.5 Å². The molecule has 0 saturated heterocycles. The van der Waals surface area contributed by atoms with E-state index in [1.54, 1.807) is 13.4 Å². The lowest BCUT2D eigenvalue weighted by atomic mass is 10.1. The Morgan fingerprint density at radius 2 is 1.94 bits per heavy atom. The zero-order valence-corrected chi connectivity index (χ0v) is 18.4. The normalized spacial score (nSPS) is 11.3. The molecule has 0 amide bonds. The number of rotatable bonds is 11. The van der Waals surface area contributed by atoms with E-state index in [1.807, 2.05) is 60.7 Å². The highest BCUT2D eigenvalue weighted by Crippen LogP contribution is 2.28. The molecule has 0 saturated carbocycles. The third-order valence-electron chi connectivity index (χ3n) is 5.27. The molecule has 0 aliphatic heterocycles. The van der Waals surface area contributed by atoms with Gasteiger partial charge in [-0.2, -0.15) is 0 Å². The topological polar surface area (TPSA) is 49.4 Å². The summed E-state index contributed by atoms with van der Waals surface area (Å²) in [5.74, 6) is 3.26. The number of nitrogens with zero attached hydrogens (tertiary/aromatic N) is 2. The van der Waals surface area contributed by atoms with Crippen LogP contribution in [0.15, 0.2) is 77.9 Å². The maximum Gasteiger partial charge on any atom is 0.161 e. The molecule has 0 bridgehead atoms. The van der Waals surface area contributed by atoms with Crippen molar-refractivity contribution in [3.63, 3.8) is 0 Å². The lowest BCUT2D eigenvalue weighted by Gasteiger charge is -2.12. The maximum atomic E-state index is 5.99. The van der Waals surface area contributed by atoms with Crippen molar-refractivity contribution in [3.8, 4) is 11.5 Å². The third-order valence-corrected chi connectivity index (χ3v) is 5.27. The van der Waals surface area contributed by atoms with Crippen LogP contribution in [-0.2, 0) is 13.0 Å². The van der Waals surface area contributed by atoms with Crippen LogP contribution in [0.1, 0.15) is 30.0 Å². The molecule has 2 aromatic carbocycles. The summed E-state index contributed by atoms with van der Waals surface area (Å²) in [6.45, 7) is 5.27. The van der Waals surface area contributed by atoms with Gasteiger partial charge in [-0.25, -0.2) is 4.98 Å². The Morgan fingerprint density at radius 1 is 1.03 bits per heavy atom. The largest absolute Gasteiger partial charge is 0.493 e. The fraction of sp³-hybridized carbons (Fsp3) is 0.222. The Morgan fingerprint density at radius 3 is 2.75 bits per heavy atom. The van der Waals surface area contributed by atoms with Gasteiger partial charge in [-0.3, -0.25) is 0 Å². The molecule has 0 radical (unpaired) electrons. The number of unbranched alkanes of at least 4 members (excludes halogenated alkanes) is 1. The van der Waals surface area contributed by atoms with E-state index in [1.165, 1.54) is 0 Å². The molecule has 0 spiro atoms. The van der Waals surface area contributed by atoms with Gasteiger partial charge in [0.2, 0.25) is 0 Å². The molecule has 4 rings (SSSR count). The number of methoxy groups -OCH3 is 1. The molecule has 32 heavy (non-hydrogen) atoms. The van der Waals surface area contributed by atoms with Gasteiger partial charge < -0.3 is 18.5 Å². The number of hydrogen-bond donors (Lipinski definition) is 0. The molecule has 0 unspecified atom stereocenters. The van der Waals surface area contributed by atoms with E-state index in [-0.39, 0.29) is 0 Å². The Kier molecular flexibility index (Phi) is 7.08. The summed E-state index contributed by atoms with van der Waals surface area (Å²) in [6, 6.07) is 18.1. The average molecular weight is 429 g/mol. The van der Waals surface area contributed by atoms with Crippen LogP contribution in [-0.4, -0.2) is 23.3 Å². The van der Waals surface area contributed by atoms with Crippen LogP contribution in [0.2, 0.25) is 0 Å². The number of ether oxygens (including phenoxy) is 2. The third kappa shape index (κ3) is 5.11. The highest BCUT2D eigenvalue weighted by molar-refractivity contribution is 5.79. The zero-order valence-electron chi connectivity index (χ0n) is 18.4. The van der Waals surface area contributed by atoms with Crippen molar-refractivity contribution < 1.29 is 13.9 Å². The molecule has 2 aromatic heterocycles. The molecule has 4 aromatic rings. The van der Waals surface area contributed by atoms with Crippen molar-refractivity contribution in [1.29, 1.82) is 0 Å². The summed E-state index contributed by atoms with van der Waals surface area (Å²) in [7, 11) is 1.67. The van der Waals surface area contributed by atoms with Crippen molar-refractivity contribution in [2.24, 2.45) is 0 Å². The molecular formula is C27H28N2O3. The van der Waals surface area contributed by atoms with Gasteiger partial charge in [-0.1, -0.05) is 24.3 Å². The number of furan rings is 1. The Balaban J connectivity index is 1.38. The second-order valence-electron chi connectivity index (χ2n) is 7.49. The standard InChI is InChI=1S/C27H28N2O3/c1-3-9-21-13-15-25(26(20-21)30-2)32-18-7-6-17-29-24-12-5-4-11-23(24)28-27(29)16-14-22-10-8-19-31-22/h3-5,8,10-16,19-20H,1,6-7,9,17-18H2,2H3/b16-14+. The van der Waals surface area contributed by atoms with Crippen molar-refractivity contribution >= 4 is 23.2 Å². The molecule has 5 heteroatoms. The first kappa shape index (κ1) is 21.5. The van der Waals surface area contributed by atoms with E-state index in [9.17, 15) is 0 Å². The monoisotopic (exact) mass is 428 g/mol. The summed E-state index contributed by atoms with van der Waals surface area (Å²) in [6.07, 6.45) is 10.2. The Labute approximate surface area is 188 Å². The molecule has 5 nitrogen and oxygen atoms in total. The van der Waals surface area contributed by atoms with Gasteiger partial charge in [0.15, 0.2) is 11.5 Å². The number of para-hydroxylation sites is 2. The van der Waals surface area contributed by atoms with Crippen LogP contribution >= 0.6 is 0 Å². The van der Waals surface area contributed by atoms with E-state index in [0.29, 0.717) is 6.61 Å². The van der Waals surface area contributed by atoms with Gasteiger partial charge in [0.1, 0.15) is 11.6 Å². The average Bonchev–Trinajstić information content (AvgIpc) is 3.46. The van der Waals surface area contributed by atoms with E-state index in [4.69, 9.17) is 18.9 Å². The van der Waals surface area contributed by atoms with E-state index in [2.05, 4.69) is 23.3 Å². The molecular weight excluding hydrogens is 400 g/mol. The number of benzene rings is 2. The molecule has 0 aliphatic carbocycles. The second kappa shape index (κ2) is 10.5. The van der Waals surface area contributed by atoms with Crippen LogP contribution < -0.4 is 9.47 Å². The lowest BCUT2D eigenvalue weighted by molar-refractivity contribution is 0.284. The lowest BCUT2D eigenvalue weighted by Crippen LogP contribution is -2.04. The van der Waals surface area contributed by atoms with E-state index >= 15 is 0 Å². The van der Waals surface area contributed by atoms with Crippen LogP contribution in [0, 0.1) is 0 Å². The summed E-state index contributed by atoms with van der Waals surface area (Å²) < 4.78 is 19.1. The first-order valence-corrected chi connectivity index (χ1v) is 10.9. The van der Waals surface area contributed by atoms with Crippen molar-refractivity contribution in [2.45, 2.75) is 25.8 Å². The van der Waals surface area contributed by atoms with Gasteiger partial charge in [0, 0.05) is 6.54 Å². The summed E-state index contributed by atoms with van der Waals surface area (Å²) in [5.41, 5.74) is 3.28. The Hall–Kier alpha value is -3.73. The number of fused-ring (bicyclic) bond motifs is 1. The predicted molar refractivity (Wildman–Crippen MR) is 129 cm³/mol. The fourth-order valence-corrected chi connectivity index (χ4v) is 3.68. The molecule has 0 aliphatic rings. The van der Waals surface area contributed by atoms with E-state index < -0.39 is 0 Å². The fourth-order valence-electron chi connectivity index (χ4n) is 3.68. The van der Waals surface area contributed by atoms with Gasteiger partial charge in [-0.15, -0.1) is 6.58 Å². The first-order chi connectivity index (χ1) is 15.8.